The second-order valence-corrected chi connectivity index (χ2v) is 6.75. The molecular weight excluding hydrogens is 416 g/mol. The number of hydrogen-bond donors (Lipinski definition) is 8. The smallest absolute Gasteiger partial charge is 0.165 e. The van der Waals surface area contributed by atoms with Gasteiger partial charge in [0, 0.05) is 11.1 Å². The molecule has 0 atom stereocenters. The lowest BCUT2D eigenvalue weighted by molar-refractivity contribution is 0.402. The summed E-state index contributed by atoms with van der Waals surface area (Å²) in [6.07, 6.45) is 0. The van der Waals surface area contributed by atoms with Gasteiger partial charge in [0.1, 0.15) is 0 Å². The normalized spacial score (nSPS) is 10.2. The first-order chi connectivity index (χ1) is 15.2. The van der Waals surface area contributed by atoms with Gasteiger partial charge in [-0.2, -0.15) is 0 Å². The van der Waals surface area contributed by atoms with Crippen LogP contribution in [0, 0.1) is 0 Å². The number of aromatic hydroxyl groups is 8. The van der Waals surface area contributed by atoms with Crippen molar-refractivity contribution in [3.05, 3.63) is 72.8 Å². The van der Waals surface area contributed by atoms with Crippen LogP contribution in [0.3, 0.4) is 0 Å². The predicted molar refractivity (Wildman–Crippen MR) is 117 cm³/mol. The lowest BCUT2D eigenvalue weighted by atomic mass is 10.0. The standard InChI is InChI=1S/2C12H10O4/c2*13-9-5-4-7(6-11(9)15)8-2-1-3-10(14)12(8)16/h2*1-6,13-16H. The Balaban J connectivity index is 0.000000181. The maximum absolute atomic E-state index is 9.62. The van der Waals surface area contributed by atoms with E-state index in [-0.39, 0.29) is 46.0 Å². The fourth-order valence-corrected chi connectivity index (χ4v) is 2.91. The number of para-hydroxylation sites is 2. The van der Waals surface area contributed by atoms with E-state index in [0.717, 1.165) is 0 Å². The Kier molecular flexibility index (Phi) is 6.16. The van der Waals surface area contributed by atoms with Crippen LogP contribution in [-0.2, 0) is 0 Å². The van der Waals surface area contributed by atoms with Gasteiger partial charge in [0.25, 0.3) is 0 Å². The molecule has 0 unspecified atom stereocenters. The molecule has 4 aromatic rings. The Morgan fingerprint density at radius 1 is 0.344 bits per heavy atom. The zero-order chi connectivity index (χ0) is 23.4. The Bertz CT molecular complexity index is 1170. The van der Waals surface area contributed by atoms with E-state index in [1.807, 2.05) is 0 Å². The summed E-state index contributed by atoms with van der Waals surface area (Å²) < 4.78 is 0. The summed E-state index contributed by atoms with van der Waals surface area (Å²) in [6.45, 7) is 0. The average molecular weight is 436 g/mol. The quantitative estimate of drug-likeness (QED) is 0.215. The SMILES string of the molecule is Oc1ccc(-c2cccc(O)c2O)cc1O.Oc1ccc(-c2cccc(O)c2O)cc1O. The molecular formula is C24H20O8. The van der Waals surface area contributed by atoms with E-state index in [4.69, 9.17) is 10.2 Å². The lowest BCUT2D eigenvalue weighted by Gasteiger charge is -2.07. The third kappa shape index (κ3) is 4.54. The van der Waals surface area contributed by atoms with Crippen LogP contribution in [0.5, 0.6) is 46.0 Å². The molecule has 0 aliphatic carbocycles. The summed E-state index contributed by atoms with van der Waals surface area (Å²) >= 11 is 0. The molecule has 8 N–H and O–H groups in total. The number of phenols is 8. The lowest BCUT2D eigenvalue weighted by Crippen LogP contribution is -1.80. The fourth-order valence-electron chi connectivity index (χ4n) is 2.91. The molecule has 0 saturated carbocycles. The van der Waals surface area contributed by atoms with Gasteiger partial charge in [0.2, 0.25) is 0 Å². The molecule has 4 aromatic carbocycles. The molecule has 0 saturated heterocycles. The van der Waals surface area contributed by atoms with Gasteiger partial charge in [0.15, 0.2) is 46.0 Å². The van der Waals surface area contributed by atoms with E-state index in [1.54, 1.807) is 24.3 Å². The highest BCUT2D eigenvalue weighted by atomic mass is 16.3. The zero-order valence-electron chi connectivity index (χ0n) is 16.5. The average Bonchev–Trinajstić information content (AvgIpc) is 2.77. The van der Waals surface area contributed by atoms with Gasteiger partial charge in [-0.3, -0.25) is 0 Å². The van der Waals surface area contributed by atoms with Crippen LogP contribution >= 0.6 is 0 Å². The highest BCUT2D eigenvalue weighted by Crippen LogP contribution is 2.40. The van der Waals surface area contributed by atoms with E-state index in [1.165, 1.54) is 48.5 Å². The minimum atomic E-state index is -0.278. The Morgan fingerprint density at radius 2 is 0.719 bits per heavy atom. The van der Waals surface area contributed by atoms with E-state index >= 15 is 0 Å². The van der Waals surface area contributed by atoms with Crippen molar-refractivity contribution in [3.8, 4) is 68.2 Å². The number of phenolic OH excluding ortho intramolecular Hbond substituents is 8. The third-order valence-electron chi connectivity index (χ3n) is 4.60. The van der Waals surface area contributed by atoms with Crippen LogP contribution in [0.4, 0.5) is 0 Å². The molecule has 8 heteroatoms. The minimum absolute atomic E-state index is 0.231. The summed E-state index contributed by atoms with van der Waals surface area (Å²) in [4.78, 5) is 0. The molecule has 164 valence electrons. The van der Waals surface area contributed by atoms with E-state index < -0.39 is 0 Å². The van der Waals surface area contributed by atoms with Crippen molar-refractivity contribution < 1.29 is 40.9 Å². The predicted octanol–water partition coefficient (Wildman–Crippen LogP) is 4.35. The first kappa shape index (κ1) is 22.0. The number of rotatable bonds is 2. The van der Waals surface area contributed by atoms with E-state index in [0.29, 0.717) is 22.3 Å². The molecule has 0 bridgehead atoms. The Morgan fingerprint density at radius 3 is 1.06 bits per heavy atom. The third-order valence-corrected chi connectivity index (χ3v) is 4.60. The largest absolute Gasteiger partial charge is 0.504 e. The van der Waals surface area contributed by atoms with Crippen molar-refractivity contribution in [2.24, 2.45) is 0 Å². The maximum atomic E-state index is 9.62. The Labute approximate surface area is 182 Å². The van der Waals surface area contributed by atoms with Crippen molar-refractivity contribution >= 4 is 0 Å². The van der Waals surface area contributed by atoms with E-state index in [9.17, 15) is 30.6 Å². The van der Waals surface area contributed by atoms with Gasteiger partial charge < -0.3 is 40.9 Å². The van der Waals surface area contributed by atoms with Crippen LogP contribution in [0.25, 0.3) is 22.3 Å². The van der Waals surface area contributed by atoms with Crippen molar-refractivity contribution in [1.82, 2.24) is 0 Å². The molecule has 0 aliphatic rings. The van der Waals surface area contributed by atoms with Crippen LogP contribution in [-0.4, -0.2) is 40.9 Å². The molecule has 0 heterocycles. The van der Waals surface area contributed by atoms with Gasteiger partial charge in [-0.05, 0) is 47.5 Å². The van der Waals surface area contributed by atoms with Gasteiger partial charge >= 0.3 is 0 Å². The molecule has 0 aromatic heterocycles. The highest BCUT2D eigenvalue weighted by Gasteiger charge is 2.11. The second-order valence-electron chi connectivity index (χ2n) is 6.75. The highest BCUT2D eigenvalue weighted by molar-refractivity contribution is 5.75. The summed E-state index contributed by atoms with van der Waals surface area (Å²) in [5.41, 5.74) is 1.78. The van der Waals surface area contributed by atoms with Gasteiger partial charge in [-0.1, -0.05) is 36.4 Å². The summed E-state index contributed by atoms with van der Waals surface area (Å²) in [5.74, 6) is -2.00. The van der Waals surface area contributed by atoms with Gasteiger partial charge in [-0.25, -0.2) is 0 Å². The summed E-state index contributed by atoms with van der Waals surface area (Å²) in [7, 11) is 0. The molecule has 32 heavy (non-hydrogen) atoms. The van der Waals surface area contributed by atoms with Crippen molar-refractivity contribution in [1.29, 1.82) is 0 Å². The van der Waals surface area contributed by atoms with Crippen LogP contribution < -0.4 is 0 Å². The van der Waals surface area contributed by atoms with Crippen molar-refractivity contribution in [2.45, 2.75) is 0 Å². The maximum Gasteiger partial charge on any atom is 0.165 e. The Hall–Kier alpha value is -4.72. The molecule has 8 nitrogen and oxygen atoms in total. The van der Waals surface area contributed by atoms with Gasteiger partial charge in [0.05, 0.1) is 0 Å². The molecule has 0 spiro atoms. The van der Waals surface area contributed by atoms with Crippen LogP contribution in [0.1, 0.15) is 0 Å². The van der Waals surface area contributed by atoms with Crippen LogP contribution in [0.15, 0.2) is 72.8 Å². The number of benzene rings is 4. The monoisotopic (exact) mass is 436 g/mol. The summed E-state index contributed by atoms with van der Waals surface area (Å²) in [6, 6.07) is 17.4. The number of hydrogen-bond acceptors (Lipinski definition) is 8. The first-order valence-corrected chi connectivity index (χ1v) is 9.25. The molecule has 0 amide bonds. The van der Waals surface area contributed by atoms with E-state index in [2.05, 4.69) is 0 Å². The molecule has 0 radical (unpaired) electrons. The molecule has 0 fully saturated rings. The van der Waals surface area contributed by atoms with Crippen molar-refractivity contribution in [2.75, 3.05) is 0 Å². The second kappa shape index (κ2) is 8.97. The van der Waals surface area contributed by atoms with Gasteiger partial charge in [-0.15, -0.1) is 0 Å². The molecule has 0 aliphatic heterocycles. The zero-order valence-corrected chi connectivity index (χ0v) is 16.5. The first-order valence-electron chi connectivity index (χ1n) is 9.25. The fraction of sp³-hybridized carbons (Fsp3) is 0. The van der Waals surface area contributed by atoms with Crippen molar-refractivity contribution in [3.63, 3.8) is 0 Å². The minimum Gasteiger partial charge on any atom is -0.504 e. The van der Waals surface area contributed by atoms with Crippen LogP contribution in [0.2, 0.25) is 0 Å². The topological polar surface area (TPSA) is 162 Å². The molecule has 4 rings (SSSR count). The summed E-state index contributed by atoms with van der Waals surface area (Å²) in [5, 5.41) is 74.8.